The van der Waals surface area contributed by atoms with Gasteiger partial charge in [0.1, 0.15) is 0 Å². The van der Waals surface area contributed by atoms with Crippen molar-refractivity contribution in [2.45, 2.75) is 25.8 Å². The van der Waals surface area contributed by atoms with Gasteiger partial charge in [-0.25, -0.2) is 0 Å². The lowest BCUT2D eigenvalue weighted by Gasteiger charge is -2.36. The van der Waals surface area contributed by atoms with Gasteiger partial charge in [0.05, 0.1) is 0 Å². The van der Waals surface area contributed by atoms with E-state index in [0.717, 1.165) is 57.7 Å². The molecule has 0 radical (unpaired) electrons. The van der Waals surface area contributed by atoms with Crippen molar-refractivity contribution in [1.82, 2.24) is 4.90 Å². The lowest BCUT2D eigenvalue weighted by atomic mass is 9.93. The number of nitrogens with one attached hydrogen (secondary N) is 1. The number of carbonyl (C=O) groups excluding carboxylic acids is 1. The molecule has 1 fully saturated rings. The second kappa shape index (κ2) is 9.07. The van der Waals surface area contributed by atoms with Gasteiger partial charge in [0, 0.05) is 50.0 Å². The summed E-state index contributed by atoms with van der Waals surface area (Å²) in [6, 6.07) is 19.0. The lowest BCUT2D eigenvalue weighted by molar-refractivity contribution is -0.120. The summed E-state index contributed by atoms with van der Waals surface area (Å²) in [7, 11) is 0. The summed E-state index contributed by atoms with van der Waals surface area (Å²) in [6.45, 7) is 5.24. The molecule has 146 valence electrons. The molecule has 0 bridgehead atoms. The number of rotatable bonds is 5. The Morgan fingerprint density at radius 1 is 0.929 bits per heavy atom. The van der Waals surface area contributed by atoms with E-state index in [9.17, 15) is 4.79 Å². The highest BCUT2D eigenvalue weighted by Crippen LogP contribution is 2.23. The third-order valence-electron chi connectivity index (χ3n) is 5.76. The van der Waals surface area contributed by atoms with Gasteiger partial charge < -0.3 is 10.2 Å². The Labute approximate surface area is 167 Å². The van der Waals surface area contributed by atoms with E-state index in [2.05, 4.69) is 69.7 Å². The molecule has 0 aromatic heterocycles. The van der Waals surface area contributed by atoms with Gasteiger partial charge >= 0.3 is 0 Å². The first-order valence-corrected chi connectivity index (χ1v) is 10.3. The van der Waals surface area contributed by atoms with E-state index < -0.39 is 0 Å². The van der Waals surface area contributed by atoms with Crippen molar-refractivity contribution in [3.8, 4) is 0 Å². The fraction of sp³-hybridized carbons (Fsp3) is 0.375. The monoisotopic (exact) mass is 375 g/mol. The average molecular weight is 376 g/mol. The van der Waals surface area contributed by atoms with Crippen LogP contribution < -0.4 is 10.2 Å². The molecule has 2 aromatic carbocycles. The van der Waals surface area contributed by atoms with E-state index in [1.165, 1.54) is 11.3 Å². The van der Waals surface area contributed by atoms with Crippen molar-refractivity contribution in [2.24, 2.45) is 5.92 Å². The SMILES string of the molecule is O=C(Nc1ccc(N2CCN(Cc3ccccc3)CC2)cc1)C1CC=CCC1. The van der Waals surface area contributed by atoms with Crippen LogP contribution in [-0.4, -0.2) is 37.0 Å². The van der Waals surface area contributed by atoms with Crippen LogP contribution in [0.2, 0.25) is 0 Å². The topological polar surface area (TPSA) is 35.6 Å². The van der Waals surface area contributed by atoms with E-state index in [-0.39, 0.29) is 11.8 Å². The number of nitrogens with zero attached hydrogens (tertiary/aromatic N) is 2. The van der Waals surface area contributed by atoms with Crippen LogP contribution in [0.1, 0.15) is 24.8 Å². The van der Waals surface area contributed by atoms with E-state index in [4.69, 9.17) is 0 Å². The van der Waals surface area contributed by atoms with Crippen LogP contribution in [0, 0.1) is 5.92 Å². The summed E-state index contributed by atoms with van der Waals surface area (Å²) in [6.07, 6.45) is 7.10. The minimum Gasteiger partial charge on any atom is -0.369 e. The Balaban J connectivity index is 1.27. The lowest BCUT2D eigenvalue weighted by Crippen LogP contribution is -2.45. The number of anilines is 2. The number of hydrogen-bond donors (Lipinski definition) is 1. The summed E-state index contributed by atoms with van der Waals surface area (Å²) in [5, 5.41) is 3.08. The molecule has 28 heavy (non-hydrogen) atoms. The molecule has 0 saturated carbocycles. The minimum atomic E-state index is 0.113. The second-order valence-corrected chi connectivity index (χ2v) is 7.77. The molecule has 1 saturated heterocycles. The number of allylic oxidation sites excluding steroid dienone is 2. The molecule has 4 nitrogen and oxygen atoms in total. The van der Waals surface area contributed by atoms with Crippen molar-refractivity contribution >= 4 is 17.3 Å². The average Bonchev–Trinajstić information content (AvgIpc) is 2.76. The van der Waals surface area contributed by atoms with Crippen molar-refractivity contribution in [1.29, 1.82) is 0 Å². The maximum atomic E-state index is 12.4. The second-order valence-electron chi connectivity index (χ2n) is 7.77. The van der Waals surface area contributed by atoms with Gasteiger partial charge in [-0.3, -0.25) is 9.69 Å². The van der Waals surface area contributed by atoms with Crippen molar-refractivity contribution in [3.63, 3.8) is 0 Å². The zero-order valence-corrected chi connectivity index (χ0v) is 16.4. The highest BCUT2D eigenvalue weighted by molar-refractivity contribution is 5.92. The first-order valence-electron chi connectivity index (χ1n) is 10.3. The Bertz CT molecular complexity index is 792. The van der Waals surface area contributed by atoms with E-state index >= 15 is 0 Å². The van der Waals surface area contributed by atoms with Gasteiger partial charge in [-0.05, 0) is 49.1 Å². The van der Waals surface area contributed by atoms with E-state index in [0.29, 0.717) is 0 Å². The van der Waals surface area contributed by atoms with E-state index in [1.807, 2.05) is 12.1 Å². The van der Waals surface area contributed by atoms with Gasteiger partial charge in [0.25, 0.3) is 0 Å². The minimum absolute atomic E-state index is 0.113. The molecule has 1 heterocycles. The summed E-state index contributed by atoms with van der Waals surface area (Å²) in [4.78, 5) is 17.3. The third kappa shape index (κ3) is 4.82. The number of amides is 1. The molecular formula is C24H29N3O. The number of hydrogen-bond acceptors (Lipinski definition) is 3. The molecule has 1 amide bonds. The molecule has 4 rings (SSSR count). The molecule has 4 heteroatoms. The Morgan fingerprint density at radius 3 is 2.36 bits per heavy atom. The van der Waals surface area contributed by atoms with Crippen molar-refractivity contribution in [3.05, 3.63) is 72.3 Å². The molecule has 1 aliphatic carbocycles. The summed E-state index contributed by atoms with van der Waals surface area (Å²) >= 11 is 0. The Morgan fingerprint density at radius 2 is 1.68 bits per heavy atom. The van der Waals surface area contributed by atoms with Crippen LogP contribution >= 0.6 is 0 Å². The number of piperazine rings is 1. The third-order valence-corrected chi connectivity index (χ3v) is 5.76. The summed E-state index contributed by atoms with van der Waals surface area (Å²) in [5.74, 6) is 0.258. The van der Waals surface area contributed by atoms with Gasteiger partial charge in [0.15, 0.2) is 0 Å². The Hall–Kier alpha value is -2.59. The first-order chi connectivity index (χ1) is 13.8. The predicted octanol–water partition coefficient (Wildman–Crippen LogP) is 4.30. The normalized spacial score (nSPS) is 20.1. The standard InChI is InChI=1S/C24H29N3O/c28-24(21-9-5-2-6-10-21)25-22-11-13-23(14-12-22)27-17-15-26(16-18-27)19-20-7-3-1-4-8-20/h1-5,7-8,11-14,21H,6,9-10,15-19H2,(H,25,28). The summed E-state index contributed by atoms with van der Waals surface area (Å²) < 4.78 is 0. The molecule has 1 N–H and O–H groups in total. The fourth-order valence-corrected chi connectivity index (χ4v) is 4.04. The first kappa shape index (κ1) is 18.8. The van der Waals surface area contributed by atoms with E-state index in [1.54, 1.807) is 0 Å². The highest BCUT2D eigenvalue weighted by atomic mass is 16.1. The van der Waals surface area contributed by atoms with Gasteiger partial charge in [-0.2, -0.15) is 0 Å². The van der Waals surface area contributed by atoms with Crippen molar-refractivity contribution in [2.75, 3.05) is 36.4 Å². The predicted molar refractivity (Wildman–Crippen MR) is 115 cm³/mol. The van der Waals surface area contributed by atoms with Crippen LogP contribution in [0.15, 0.2) is 66.7 Å². The number of carbonyl (C=O) groups is 1. The van der Waals surface area contributed by atoms with Gasteiger partial charge in [-0.1, -0.05) is 42.5 Å². The fourth-order valence-electron chi connectivity index (χ4n) is 4.04. The quantitative estimate of drug-likeness (QED) is 0.792. The van der Waals surface area contributed by atoms with Crippen LogP contribution in [0.4, 0.5) is 11.4 Å². The molecule has 1 aliphatic heterocycles. The number of benzene rings is 2. The van der Waals surface area contributed by atoms with Crippen LogP contribution in [0.25, 0.3) is 0 Å². The van der Waals surface area contributed by atoms with Crippen LogP contribution in [0.3, 0.4) is 0 Å². The molecule has 1 atom stereocenters. The Kier molecular flexibility index (Phi) is 6.07. The van der Waals surface area contributed by atoms with Gasteiger partial charge in [-0.15, -0.1) is 0 Å². The zero-order valence-electron chi connectivity index (χ0n) is 16.4. The van der Waals surface area contributed by atoms with Crippen molar-refractivity contribution < 1.29 is 4.79 Å². The van der Waals surface area contributed by atoms with Gasteiger partial charge in [0.2, 0.25) is 5.91 Å². The molecule has 2 aliphatic rings. The molecule has 2 aromatic rings. The van der Waals surface area contributed by atoms with Crippen LogP contribution in [-0.2, 0) is 11.3 Å². The smallest absolute Gasteiger partial charge is 0.227 e. The summed E-state index contributed by atoms with van der Waals surface area (Å²) in [5.41, 5.74) is 3.51. The highest BCUT2D eigenvalue weighted by Gasteiger charge is 2.20. The molecule has 1 unspecified atom stereocenters. The molecular weight excluding hydrogens is 346 g/mol. The molecule has 0 spiro atoms. The largest absolute Gasteiger partial charge is 0.369 e. The van der Waals surface area contributed by atoms with Crippen LogP contribution in [0.5, 0.6) is 0 Å². The maximum Gasteiger partial charge on any atom is 0.227 e. The zero-order chi connectivity index (χ0) is 19.2. The maximum absolute atomic E-state index is 12.4.